The third kappa shape index (κ3) is 6.18. The molecule has 2 aromatic carbocycles. The van der Waals surface area contributed by atoms with Crippen LogP contribution in [0.25, 0.3) is 0 Å². The summed E-state index contributed by atoms with van der Waals surface area (Å²) in [5.74, 6) is 0.807. The highest BCUT2D eigenvalue weighted by Gasteiger charge is 2.07. The van der Waals surface area contributed by atoms with Crippen molar-refractivity contribution in [3.63, 3.8) is 0 Å². The number of benzene rings is 2. The van der Waals surface area contributed by atoms with E-state index in [0.29, 0.717) is 30.2 Å². The zero-order valence-corrected chi connectivity index (χ0v) is 14.4. The molecular weight excluding hydrogens is 320 g/mol. The van der Waals surface area contributed by atoms with Gasteiger partial charge in [0.25, 0.3) is 11.8 Å². The monoisotopic (exact) mass is 342 g/mol. The highest BCUT2D eigenvalue weighted by Crippen LogP contribution is 2.12. The van der Waals surface area contributed by atoms with Crippen LogP contribution in [0.15, 0.2) is 48.5 Å². The van der Waals surface area contributed by atoms with Gasteiger partial charge in [-0.1, -0.05) is 23.8 Å². The number of carbonyl (C=O) groups is 2. The van der Waals surface area contributed by atoms with Crippen LogP contribution in [0.1, 0.15) is 15.9 Å². The molecule has 0 heterocycles. The predicted octanol–water partition coefficient (Wildman–Crippen LogP) is 1.93. The Hall–Kier alpha value is -3.02. The van der Waals surface area contributed by atoms with E-state index in [1.54, 1.807) is 31.4 Å². The number of ether oxygens (including phenoxy) is 2. The zero-order valence-electron chi connectivity index (χ0n) is 14.4. The molecule has 0 atom stereocenters. The molecular formula is C19H22N2O4. The van der Waals surface area contributed by atoms with Crippen LogP contribution in [-0.2, 0) is 4.79 Å². The normalized spacial score (nSPS) is 10.0. The highest BCUT2D eigenvalue weighted by molar-refractivity contribution is 5.94. The Kier molecular flexibility index (Phi) is 6.83. The van der Waals surface area contributed by atoms with E-state index in [9.17, 15) is 9.59 Å². The SMILES string of the molecule is COc1cccc(C(=O)NCCNC(=O)COc2ccc(C)cc2)c1. The molecule has 0 aliphatic rings. The maximum absolute atomic E-state index is 12.0. The van der Waals surface area contributed by atoms with Crippen LogP contribution in [0.2, 0.25) is 0 Å². The molecule has 0 spiro atoms. The van der Waals surface area contributed by atoms with Gasteiger partial charge in [-0.25, -0.2) is 0 Å². The molecule has 0 saturated carbocycles. The van der Waals surface area contributed by atoms with Crippen molar-refractivity contribution < 1.29 is 19.1 Å². The van der Waals surface area contributed by atoms with Gasteiger partial charge >= 0.3 is 0 Å². The molecule has 2 N–H and O–H groups in total. The number of aryl methyl sites for hydroxylation is 1. The molecule has 0 aromatic heterocycles. The molecule has 2 rings (SSSR count). The van der Waals surface area contributed by atoms with Gasteiger partial charge in [-0.15, -0.1) is 0 Å². The first-order valence-electron chi connectivity index (χ1n) is 7.97. The van der Waals surface area contributed by atoms with Crippen molar-refractivity contribution in [3.05, 3.63) is 59.7 Å². The summed E-state index contributed by atoms with van der Waals surface area (Å²) in [4.78, 5) is 23.7. The average molecular weight is 342 g/mol. The van der Waals surface area contributed by atoms with Crippen LogP contribution in [-0.4, -0.2) is 38.6 Å². The lowest BCUT2D eigenvalue weighted by molar-refractivity contribution is -0.123. The van der Waals surface area contributed by atoms with Gasteiger partial charge in [0, 0.05) is 18.7 Å². The summed E-state index contributed by atoms with van der Waals surface area (Å²) in [5, 5.41) is 5.43. The minimum Gasteiger partial charge on any atom is -0.497 e. The van der Waals surface area contributed by atoms with Crippen LogP contribution >= 0.6 is 0 Å². The molecule has 0 unspecified atom stereocenters. The number of amides is 2. The number of rotatable bonds is 8. The summed E-state index contributed by atoms with van der Waals surface area (Å²) < 4.78 is 10.5. The molecule has 0 aliphatic carbocycles. The van der Waals surface area contributed by atoms with Crippen molar-refractivity contribution in [2.24, 2.45) is 0 Å². The Balaban J connectivity index is 1.65. The molecule has 6 nitrogen and oxygen atoms in total. The second kappa shape index (κ2) is 9.32. The number of hydrogen-bond acceptors (Lipinski definition) is 4. The Morgan fingerprint density at radius 2 is 1.68 bits per heavy atom. The first-order chi connectivity index (χ1) is 12.1. The first-order valence-corrected chi connectivity index (χ1v) is 7.97. The number of nitrogens with one attached hydrogen (secondary N) is 2. The fraction of sp³-hybridized carbons (Fsp3) is 0.263. The summed E-state index contributed by atoms with van der Waals surface area (Å²) in [6.07, 6.45) is 0. The molecule has 0 radical (unpaired) electrons. The van der Waals surface area contributed by atoms with E-state index < -0.39 is 0 Å². The van der Waals surface area contributed by atoms with Crippen LogP contribution in [0.3, 0.4) is 0 Å². The van der Waals surface area contributed by atoms with E-state index in [-0.39, 0.29) is 18.4 Å². The second-order valence-electron chi connectivity index (χ2n) is 5.44. The minimum absolute atomic E-state index is 0.0626. The molecule has 0 bridgehead atoms. The van der Waals surface area contributed by atoms with E-state index in [0.717, 1.165) is 5.56 Å². The minimum atomic E-state index is -0.240. The third-order valence-electron chi connectivity index (χ3n) is 3.46. The van der Waals surface area contributed by atoms with Crippen molar-refractivity contribution >= 4 is 11.8 Å². The largest absolute Gasteiger partial charge is 0.497 e. The van der Waals surface area contributed by atoms with Gasteiger partial charge in [-0.3, -0.25) is 9.59 Å². The Labute approximate surface area is 147 Å². The molecule has 6 heteroatoms. The van der Waals surface area contributed by atoms with E-state index in [4.69, 9.17) is 9.47 Å². The zero-order chi connectivity index (χ0) is 18.1. The maximum Gasteiger partial charge on any atom is 0.258 e. The van der Waals surface area contributed by atoms with Crippen LogP contribution in [0, 0.1) is 6.92 Å². The van der Waals surface area contributed by atoms with E-state index in [1.165, 1.54) is 0 Å². The van der Waals surface area contributed by atoms with E-state index in [2.05, 4.69) is 10.6 Å². The van der Waals surface area contributed by atoms with Crippen LogP contribution < -0.4 is 20.1 Å². The summed E-state index contributed by atoms with van der Waals surface area (Å²) in [7, 11) is 1.55. The summed E-state index contributed by atoms with van der Waals surface area (Å²) in [6, 6.07) is 14.3. The molecule has 25 heavy (non-hydrogen) atoms. The summed E-state index contributed by atoms with van der Waals surface area (Å²) in [6.45, 7) is 2.57. The average Bonchev–Trinajstić information content (AvgIpc) is 2.64. The lowest BCUT2D eigenvalue weighted by Crippen LogP contribution is -2.36. The van der Waals surface area contributed by atoms with Crippen molar-refractivity contribution in [2.75, 3.05) is 26.8 Å². The van der Waals surface area contributed by atoms with Crippen molar-refractivity contribution in [1.29, 1.82) is 0 Å². The highest BCUT2D eigenvalue weighted by atomic mass is 16.5. The van der Waals surface area contributed by atoms with E-state index in [1.807, 2.05) is 31.2 Å². The third-order valence-corrected chi connectivity index (χ3v) is 3.46. The van der Waals surface area contributed by atoms with Gasteiger partial charge in [0.1, 0.15) is 11.5 Å². The second-order valence-corrected chi connectivity index (χ2v) is 5.44. The fourth-order valence-electron chi connectivity index (χ4n) is 2.08. The molecule has 0 aliphatic heterocycles. The molecule has 132 valence electrons. The Morgan fingerprint density at radius 3 is 2.40 bits per heavy atom. The molecule has 2 amide bonds. The number of hydrogen-bond donors (Lipinski definition) is 2. The molecule has 0 fully saturated rings. The van der Waals surface area contributed by atoms with Crippen LogP contribution in [0.5, 0.6) is 11.5 Å². The van der Waals surface area contributed by atoms with Gasteiger partial charge in [0.05, 0.1) is 7.11 Å². The van der Waals surface area contributed by atoms with Gasteiger partial charge in [-0.2, -0.15) is 0 Å². The van der Waals surface area contributed by atoms with E-state index >= 15 is 0 Å². The Morgan fingerprint density at radius 1 is 0.960 bits per heavy atom. The quantitative estimate of drug-likeness (QED) is 0.719. The maximum atomic E-state index is 12.0. The van der Waals surface area contributed by atoms with Gasteiger partial charge in [-0.05, 0) is 37.3 Å². The Bertz CT molecular complexity index is 714. The summed E-state index contributed by atoms with van der Waals surface area (Å²) in [5.41, 5.74) is 1.64. The predicted molar refractivity (Wildman–Crippen MR) is 95.0 cm³/mol. The lowest BCUT2D eigenvalue weighted by Gasteiger charge is -2.09. The van der Waals surface area contributed by atoms with Crippen molar-refractivity contribution in [1.82, 2.24) is 10.6 Å². The van der Waals surface area contributed by atoms with Crippen molar-refractivity contribution in [2.45, 2.75) is 6.92 Å². The van der Waals surface area contributed by atoms with Crippen LogP contribution in [0.4, 0.5) is 0 Å². The lowest BCUT2D eigenvalue weighted by atomic mass is 10.2. The smallest absolute Gasteiger partial charge is 0.258 e. The number of methoxy groups -OCH3 is 1. The molecule has 2 aromatic rings. The first kappa shape index (κ1) is 18.3. The summed E-state index contributed by atoms with van der Waals surface area (Å²) >= 11 is 0. The molecule has 0 saturated heterocycles. The van der Waals surface area contributed by atoms with Gasteiger partial charge < -0.3 is 20.1 Å². The van der Waals surface area contributed by atoms with Crippen molar-refractivity contribution in [3.8, 4) is 11.5 Å². The standard InChI is InChI=1S/C19H22N2O4/c1-14-6-8-16(9-7-14)25-13-18(22)20-10-11-21-19(23)15-4-3-5-17(12-15)24-2/h3-9,12H,10-11,13H2,1-2H3,(H,20,22)(H,21,23). The van der Waals surface area contributed by atoms with Gasteiger partial charge in [0.15, 0.2) is 6.61 Å². The fourth-order valence-corrected chi connectivity index (χ4v) is 2.08. The topological polar surface area (TPSA) is 76.7 Å². The van der Waals surface area contributed by atoms with Gasteiger partial charge in [0.2, 0.25) is 0 Å². The number of carbonyl (C=O) groups excluding carboxylic acids is 2.